The predicted molar refractivity (Wildman–Crippen MR) is 117 cm³/mol. The molecule has 0 amide bonds. The van der Waals surface area contributed by atoms with Crippen LogP contribution in [0.15, 0.2) is 18.2 Å². The molecule has 0 radical (unpaired) electrons. The number of carbonyl (C=O) groups is 1. The van der Waals surface area contributed by atoms with Gasteiger partial charge in [-0.25, -0.2) is 0 Å². The van der Waals surface area contributed by atoms with Crippen molar-refractivity contribution in [2.75, 3.05) is 19.6 Å². The Kier molecular flexibility index (Phi) is 7.99. The molecule has 3 aliphatic rings. The molecular formula is C23H32ClF3N2O3. The van der Waals surface area contributed by atoms with Gasteiger partial charge in [0.25, 0.3) is 0 Å². The SMILES string of the molecule is Cl.O=C(O)C1CCC(Oc2cc(CN3CCCC34CCNCC4)cc(C(F)(F)F)c2)CC1. The third-order valence-corrected chi connectivity index (χ3v) is 7.27. The standard InChI is InChI=1S/C23H31F3N2O3.ClH/c24-23(25,26)18-12-16(15-28-11-1-6-22(28)7-9-27-10-8-22)13-20(14-18)31-19-4-2-17(3-5-19)21(29)30;/h12-14,17,19,27H,1-11,15H2,(H,29,30);1H. The first-order chi connectivity index (χ1) is 14.7. The van der Waals surface area contributed by atoms with Crippen LogP contribution < -0.4 is 10.1 Å². The highest BCUT2D eigenvalue weighted by Gasteiger charge is 2.41. The van der Waals surface area contributed by atoms with Gasteiger partial charge in [-0.05, 0) is 94.8 Å². The van der Waals surface area contributed by atoms with Crippen LogP contribution in [-0.4, -0.2) is 47.3 Å². The summed E-state index contributed by atoms with van der Waals surface area (Å²) in [6.07, 6.45) is 1.65. The molecule has 1 aromatic rings. The number of rotatable bonds is 5. The highest BCUT2D eigenvalue weighted by atomic mass is 35.5. The van der Waals surface area contributed by atoms with Gasteiger partial charge in [0.2, 0.25) is 0 Å². The van der Waals surface area contributed by atoms with Crippen LogP contribution in [0.3, 0.4) is 0 Å². The normalized spacial score (nSPS) is 26.0. The minimum Gasteiger partial charge on any atom is -0.490 e. The van der Waals surface area contributed by atoms with Crippen LogP contribution in [0.1, 0.15) is 62.5 Å². The lowest BCUT2D eigenvalue weighted by atomic mass is 9.85. The quantitative estimate of drug-likeness (QED) is 0.635. The average molecular weight is 477 g/mol. The molecule has 32 heavy (non-hydrogen) atoms. The lowest BCUT2D eigenvalue weighted by Gasteiger charge is -2.42. The second-order valence-corrected chi connectivity index (χ2v) is 9.29. The van der Waals surface area contributed by atoms with Gasteiger partial charge in [-0.15, -0.1) is 12.4 Å². The summed E-state index contributed by atoms with van der Waals surface area (Å²) < 4.78 is 46.7. The predicted octanol–water partition coefficient (Wildman–Crippen LogP) is 4.87. The van der Waals surface area contributed by atoms with Crippen molar-refractivity contribution in [1.82, 2.24) is 10.2 Å². The maximum Gasteiger partial charge on any atom is 0.416 e. The molecule has 9 heteroatoms. The maximum absolute atomic E-state index is 13.6. The Bertz CT molecular complexity index is 791. The van der Waals surface area contributed by atoms with Crippen LogP contribution in [0.4, 0.5) is 13.2 Å². The van der Waals surface area contributed by atoms with E-state index in [9.17, 15) is 18.0 Å². The Labute approximate surface area is 193 Å². The zero-order valence-electron chi connectivity index (χ0n) is 18.1. The van der Waals surface area contributed by atoms with E-state index in [2.05, 4.69) is 10.2 Å². The van der Waals surface area contributed by atoms with E-state index in [4.69, 9.17) is 9.84 Å². The average Bonchev–Trinajstić information content (AvgIpc) is 3.09. The summed E-state index contributed by atoms with van der Waals surface area (Å²) in [7, 11) is 0. The van der Waals surface area contributed by atoms with Crippen molar-refractivity contribution in [2.24, 2.45) is 5.92 Å². The number of alkyl halides is 3. The van der Waals surface area contributed by atoms with Gasteiger partial charge in [0.15, 0.2) is 0 Å². The van der Waals surface area contributed by atoms with Crippen LogP contribution in [0, 0.1) is 5.92 Å². The molecule has 0 aromatic heterocycles. The number of carboxylic acid groups (broad SMARTS) is 1. The van der Waals surface area contributed by atoms with Gasteiger partial charge < -0.3 is 15.2 Å². The van der Waals surface area contributed by atoms with Crippen LogP contribution >= 0.6 is 12.4 Å². The third-order valence-electron chi connectivity index (χ3n) is 7.27. The lowest BCUT2D eigenvalue weighted by molar-refractivity contribution is -0.143. The monoisotopic (exact) mass is 476 g/mol. The molecule has 2 heterocycles. The Hall–Kier alpha value is -1.51. The molecule has 180 valence electrons. The number of likely N-dealkylation sites (tertiary alicyclic amines) is 1. The zero-order valence-corrected chi connectivity index (χ0v) is 18.9. The van der Waals surface area contributed by atoms with Crippen molar-refractivity contribution >= 4 is 18.4 Å². The fourth-order valence-corrected chi connectivity index (χ4v) is 5.52. The minimum atomic E-state index is -4.44. The van der Waals surface area contributed by atoms with Gasteiger partial charge in [-0.3, -0.25) is 9.69 Å². The Balaban J connectivity index is 0.00000289. The first-order valence-corrected chi connectivity index (χ1v) is 11.3. The summed E-state index contributed by atoms with van der Waals surface area (Å²) in [5.74, 6) is -0.951. The van der Waals surface area contributed by atoms with Gasteiger partial charge >= 0.3 is 12.1 Å². The number of nitrogens with one attached hydrogen (secondary N) is 1. The summed E-state index contributed by atoms with van der Waals surface area (Å²) >= 11 is 0. The molecule has 2 saturated heterocycles. The summed E-state index contributed by atoms with van der Waals surface area (Å²) in [4.78, 5) is 13.5. The fourth-order valence-electron chi connectivity index (χ4n) is 5.52. The molecular weight excluding hydrogens is 445 g/mol. The first-order valence-electron chi connectivity index (χ1n) is 11.3. The van der Waals surface area contributed by atoms with E-state index in [0.29, 0.717) is 37.8 Å². The van der Waals surface area contributed by atoms with Crippen molar-refractivity contribution in [3.8, 4) is 5.75 Å². The van der Waals surface area contributed by atoms with E-state index in [0.717, 1.165) is 51.4 Å². The number of nitrogens with zero attached hydrogens (tertiary/aromatic N) is 1. The van der Waals surface area contributed by atoms with Gasteiger partial charge in [0.1, 0.15) is 5.75 Å². The Morgan fingerprint density at radius 3 is 2.44 bits per heavy atom. The van der Waals surface area contributed by atoms with Crippen molar-refractivity contribution in [2.45, 2.75) is 75.7 Å². The Morgan fingerprint density at radius 2 is 1.81 bits per heavy atom. The molecule has 0 unspecified atom stereocenters. The molecule has 2 aliphatic heterocycles. The van der Waals surface area contributed by atoms with Gasteiger partial charge in [-0.1, -0.05) is 0 Å². The largest absolute Gasteiger partial charge is 0.490 e. The van der Waals surface area contributed by atoms with E-state index in [-0.39, 0.29) is 35.7 Å². The smallest absolute Gasteiger partial charge is 0.416 e. The lowest BCUT2D eigenvalue weighted by Crippen LogP contribution is -2.50. The van der Waals surface area contributed by atoms with Crippen molar-refractivity contribution in [1.29, 1.82) is 0 Å². The van der Waals surface area contributed by atoms with E-state index in [1.54, 1.807) is 6.07 Å². The van der Waals surface area contributed by atoms with Gasteiger partial charge in [0, 0.05) is 12.1 Å². The van der Waals surface area contributed by atoms with E-state index in [1.807, 2.05) is 0 Å². The van der Waals surface area contributed by atoms with E-state index in [1.165, 1.54) is 6.07 Å². The van der Waals surface area contributed by atoms with Crippen LogP contribution in [-0.2, 0) is 17.5 Å². The second kappa shape index (κ2) is 10.2. The number of hydrogen-bond donors (Lipinski definition) is 2. The molecule has 3 fully saturated rings. The van der Waals surface area contributed by atoms with Crippen molar-refractivity contribution < 1.29 is 27.8 Å². The summed E-state index contributed by atoms with van der Waals surface area (Å²) in [6.45, 7) is 3.30. The molecule has 1 aliphatic carbocycles. The first kappa shape index (κ1) is 25.1. The number of hydrogen-bond acceptors (Lipinski definition) is 4. The van der Waals surface area contributed by atoms with E-state index < -0.39 is 17.7 Å². The number of carboxylic acids is 1. The highest BCUT2D eigenvalue weighted by molar-refractivity contribution is 5.85. The number of halogens is 4. The topological polar surface area (TPSA) is 61.8 Å². The molecule has 5 nitrogen and oxygen atoms in total. The Morgan fingerprint density at radius 1 is 1.12 bits per heavy atom. The number of ether oxygens (including phenoxy) is 1. The third kappa shape index (κ3) is 5.69. The van der Waals surface area contributed by atoms with Crippen molar-refractivity contribution in [3.63, 3.8) is 0 Å². The minimum absolute atomic E-state index is 0. The van der Waals surface area contributed by atoms with Gasteiger partial charge in [0.05, 0.1) is 17.6 Å². The van der Waals surface area contributed by atoms with Gasteiger partial charge in [-0.2, -0.15) is 13.2 Å². The number of benzene rings is 1. The maximum atomic E-state index is 13.6. The molecule has 0 bridgehead atoms. The number of piperidine rings is 1. The van der Waals surface area contributed by atoms with Crippen LogP contribution in [0.5, 0.6) is 5.75 Å². The summed E-state index contributed by atoms with van der Waals surface area (Å²) in [6, 6.07) is 4.07. The molecule has 1 spiro atoms. The molecule has 1 aromatic carbocycles. The zero-order chi connectivity index (χ0) is 22.1. The second-order valence-electron chi connectivity index (χ2n) is 9.29. The molecule has 1 saturated carbocycles. The molecule has 2 N–H and O–H groups in total. The number of aliphatic carboxylic acids is 1. The van der Waals surface area contributed by atoms with Crippen LogP contribution in [0.25, 0.3) is 0 Å². The van der Waals surface area contributed by atoms with Crippen molar-refractivity contribution in [3.05, 3.63) is 29.3 Å². The van der Waals surface area contributed by atoms with E-state index >= 15 is 0 Å². The molecule has 4 rings (SSSR count). The highest BCUT2D eigenvalue weighted by Crippen LogP contribution is 2.39. The summed E-state index contributed by atoms with van der Waals surface area (Å²) in [5.41, 5.74) is 0.0389. The van der Waals surface area contributed by atoms with Crippen LogP contribution in [0.2, 0.25) is 0 Å². The fraction of sp³-hybridized carbons (Fsp3) is 0.696. The summed E-state index contributed by atoms with van der Waals surface area (Å²) in [5, 5.41) is 12.5. The molecule has 0 atom stereocenters.